The van der Waals surface area contributed by atoms with Crippen LogP contribution >= 0.6 is 0 Å². The molecule has 0 aliphatic heterocycles. The number of hydrogen-bond donors (Lipinski definition) is 1. The van der Waals surface area contributed by atoms with Gasteiger partial charge in [0.25, 0.3) is 0 Å². The molecule has 0 fully saturated rings. The van der Waals surface area contributed by atoms with Crippen LogP contribution < -0.4 is 10.7 Å². The van der Waals surface area contributed by atoms with Crippen LogP contribution in [0.4, 0.5) is 0 Å². The summed E-state index contributed by atoms with van der Waals surface area (Å²) in [5.74, 6) is 0. The molecule has 0 spiro atoms. The Morgan fingerprint density at radius 2 is 1.94 bits per heavy atom. The maximum atomic E-state index is 5.63. The predicted molar refractivity (Wildman–Crippen MR) is 76.8 cm³/mol. The molecule has 1 N–H and O–H groups in total. The summed E-state index contributed by atoms with van der Waals surface area (Å²) in [5, 5.41) is 3.14. The van der Waals surface area contributed by atoms with Gasteiger partial charge in [-0.25, -0.2) is 0 Å². The topological polar surface area (TPSA) is 21.3 Å². The highest BCUT2D eigenvalue weighted by Gasteiger charge is 2.16. The zero-order valence-corrected chi connectivity index (χ0v) is 10.8. The van der Waals surface area contributed by atoms with Crippen molar-refractivity contribution in [3.05, 3.63) is 54.6 Å². The second-order valence-electron chi connectivity index (χ2n) is 4.02. The monoisotopic (exact) mass is 238 g/mol. The first kappa shape index (κ1) is 12.9. The van der Waals surface area contributed by atoms with E-state index in [9.17, 15) is 0 Å². The molecule has 0 saturated heterocycles. The Morgan fingerprint density at radius 1 is 1.17 bits per heavy atom. The van der Waals surface area contributed by atoms with E-state index in [2.05, 4.69) is 35.6 Å². The van der Waals surface area contributed by atoms with E-state index in [4.69, 9.17) is 4.65 Å². The van der Waals surface area contributed by atoms with Crippen molar-refractivity contribution in [2.24, 2.45) is 0 Å². The Bertz CT molecular complexity index is 487. The van der Waals surface area contributed by atoms with Crippen LogP contribution in [-0.2, 0) is 4.65 Å². The lowest BCUT2D eigenvalue weighted by Crippen LogP contribution is -2.45. The van der Waals surface area contributed by atoms with Crippen molar-refractivity contribution in [1.29, 1.82) is 0 Å². The number of rotatable bonds is 5. The number of benzene rings is 2. The van der Waals surface area contributed by atoms with Crippen LogP contribution in [0.25, 0.3) is 11.1 Å². The molecule has 0 aliphatic carbocycles. The number of hydrogen-bond acceptors (Lipinski definition) is 2. The minimum absolute atomic E-state index is 0.0985. The van der Waals surface area contributed by atoms with Gasteiger partial charge in [-0.15, -0.1) is 0 Å². The molecule has 2 aromatic carbocycles. The van der Waals surface area contributed by atoms with Crippen molar-refractivity contribution in [3.63, 3.8) is 0 Å². The van der Waals surface area contributed by atoms with Crippen molar-refractivity contribution in [1.82, 2.24) is 5.23 Å². The molecule has 91 valence electrons. The molecule has 2 nitrogen and oxygen atoms in total. The van der Waals surface area contributed by atoms with Crippen LogP contribution in [0.15, 0.2) is 48.5 Å². The van der Waals surface area contributed by atoms with E-state index in [0.29, 0.717) is 6.61 Å². The average molecular weight is 238 g/mol. The lowest BCUT2D eigenvalue weighted by molar-refractivity contribution is 0.344. The molecule has 2 rings (SSSR count). The van der Waals surface area contributed by atoms with Gasteiger partial charge in [-0.3, -0.25) is 0 Å². The first-order chi connectivity index (χ1) is 8.85. The van der Waals surface area contributed by atoms with Crippen LogP contribution in [-0.4, -0.2) is 20.7 Å². The van der Waals surface area contributed by atoms with Gasteiger partial charge in [-0.2, -0.15) is 0 Å². The summed E-state index contributed by atoms with van der Waals surface area (Å²) < 4.78 is 5.63. The van der Waals surface area contributed by atoms with E-state index < -0.39 is 0 Å². The van der Waals surface area contributed by atoms with Gasteiger partial charge in [0, 0.05) is 6.61 Å². The predicted octanol–water partition coefficient (Wildman–Crippen LogP) is 2.10. The summed E-state index contributed by atoms with van der Waals surface area (Å²) in [5.41, 5.74) is 3.42. The molecule has 0 heterocycles. The highest BCUT2D eigenvalue weighted by molar-refractivity contribution is 6.64. The van der Waals surface area contributed by atoms with Crippen molar-refractivity contribution >= 4 is 12.5 Å². The van der Waals surface area contributed by atoms with Crippen LogP contribution in [0.1, 0.15) is 6.92 Å². The summed E-state index contributed by atoms with van der Waals surface area (Å²) in [7, 11) is 1.79. The Labute approximate surface area is 109 Å². The fourth-order valence-corrected chi connectivity index (χ4v) is 1.94. The summed E-state index contributed by atoms with van der Waals surface area (Å²) in [6.45, 7) is 2.67. The van der Waals surface area contributed by atoms with Crippen LogP contribution in [0.3, 0.4) is 0 Å². The lowest BCUT2D eigenvalue weighted by atomic mass is 9.73. The molecule has 18 heavy (non-hydrogen) atoms. The molecule has 3 heteroatoms. The summed E-state index contributed by atoms with van der Waals surface area (Å²) in [6.07, 6.45) is 0. The zero-order chi connectivity index (χ0) is 12.8. The minimum atomic E-state index is -0.0985. The first-order valence-corrected chi connectivity index (χ1v) is 6.21. The highest BCUT2D eigenvalue weighted by Crippen LogP contribution is 2.16. The summed E-state index contributed by atoms with van der Waals surface area (Å²) in [4.78, 5) is 0. The zero-order valence-electron chi connectivity index (χ0n) is 10.8. The second kappa shape index (κ2) is 6.38. The quantitative estimate of drug-likeness (QED) is 0.805. The SMILES string of the molecule is CCOB(NC)c1[c]ccc(-c2ccccc2)c1. The molecular formula is C15H17BNO. The van der Waals surface area contributed by atoms with E-state index in [1.165, 1.54) is 11.1 Å². The van der Waals surface area contributed by atoms with Gasteiger partial charge in [-0.05, 0) is 36.6 Å². The Morgan fingerprint density at radius 3 is 2.61 bits per heavy atom. The van der Waals surface area contributed by atoms with E-state index in [-0.39, 0.29) is 7.05 Å². The molecule has 0 atom stereocenters. The van der Waals surface area contributed by atoms with Crippen LogP contribution in [0.2, 0.25) is 0 Å². The molecule has 1 radical (unpaired) electrons. The lowest BCUT2D eigenvalue weighted by Gasteiger charge is -2.12. The molecule has 0 amide bonds. The number of nitrogens with one attached hydrogen (secondary N) is 1. The van der Waals surface area contributed by atoms with Gasteiger partial charge < -0.3 is 9.88 Å². The third kappa shape index (κ3) is 3.00. The highest BCUT2D eigenvalue weighted by atomic mass is 16.4. The third-order valence-corrected chi connectivity index (χ3v) is 2.81. The van der Waals surface area contributed by atoms with E-state index in [1.807, 2.05) is 38.2 Å². The molecule has 2 aromatic rings. The van der Waals surface area contributed by atoms with Gasteiger partial charge in [0.1, 0.15) is 0 Å². The van der Waals surface area contributed by atoms with E-state index in [0.717, 1.165) is 5.46 Å². The Kier molecular flexibility index (Phi) is 4.56. The Hall–Kier alpha value is -1.58. The van der Waals surface area contributed by atoms with E-state index in [1.54, 1.807) is 0 Å². The molecule has 0 unspecified atom stereocenters. The second-order valence-corrected chi connectivity index (χ2v) is 4.02. The van der Waals surface area contributed by atoms with Gasteiger partial charge in [-0.1, -0.05) is 48.5 Å². The fraction of sp³-hybridized carbons (Fsp3) is 0.200. The fourth-order valence-electron chi connectivity index (χ4n) is 1.94. The van der Waals surface area contributed by atoms with Gasteiger partial charge >= 0.3 is 7.05 Å². The third-order valence-electron chi connectivity index (χ3n) is 2.81. The normalized spacial score (nSPS) is 10.3. The van der Waals surface area contributed by atoms with Crippen molar-refractivity contribution in [3.8, 4) is 11.1 Å². The maximum absolute atomic E-state index is 5.63. The van der Waals surface area contributed by atoms with Crippen molar-refractivity contribution < 1.29 is 4.65 Å². The van der Waals surface area contributed by atoms with Crippen LogP contribution in [0.5, 0.6) is 0 Å². The molecule has 0 aromatic heterocycles. The van der Waals surface area contributed by atoms with E-state index >= 15 is 0 Å². The first-order valence-electron chi connectivity index (χ1n) is 6.21. The van der Waals surface area contributed by atoms with Crippen LogP contribution in [0, 0.1) is 6.07 Å². The minimum Gasteiger partial charge on any atom is -0.418 e. The summed E-state index contributed by atoms with van der Waals surface area (Å²) in [6, 6.07) is 19.7. The molecule has 0 aliphatic rings. The largest absolute Gasteiger partial charge is 0.418 e. The Balaban J connectivity index is 2.30. The van der Waals surface area contributed by atoms with Gasteiger partial charge in [0.05, 0.1) is 0 Å². The smallest absolute Gasteiger partial charge is 0.416 e. The molecular weight excluding hydrogens is 221 g/mol. The van der Waals surface area contributed by atoms with Gasteiger partial charge in [0.2, 0.25) is 0 Å². The molecule has 0 saturated carbocycles. The van der Waals surface area contributed by atoms with Gasteiger partial charge in [0.15, 0.2) is 0 Å². The standard InChI is InChI=1S/C15H17BNO/c1-3-18-16(17-2)15-11-7-10-14(12-15)13-8-5-4-6-9-13/h4-10,12,17H,3H2,1-2H3. The van der Waals surface area contributed by atoms with Crippen molar-refractivity contribution in [2.75, 3.05) is 13.7 Å². The average Bonchev–Trinajstić information content (AvgIpc) is 2.46. The maximum Gasteiger partial charge on any atom is 0.416 e. The van der Waals surface area contributed by atoms with Crippen molar-refractivity contribution in [2.45, 2.75) is 6.92 Å². The summed E-state index contributed by atoms with van der Waals surface area (Å²) >= 11 is 0. The molecule has 0 bridgehead atoms.